The molecule has 0 saturated heterocycles. The van der Waals surface area contributed by atoms with Gasteiger partial charge in [-0.25, -0.2) is 4.79 Å². The van der Waals surface area contributed by atoms with Gasteiger partial charge in [-0.2, -0.15) is 4.99 Å². The molecule has 8 heteroatoms. The van der Waals surface area contributed by atoms with Crippen LogP contribution < -0.4 is 4.80 Å². The fourth-order valence-corrected chi connectivity index (χ4v) is 4.07. The van der Waals surface area contributed by atoms with Crippen LogP contribution in [0, 0.1) is 12.3 Å². The first-order valence-corrected chi connectivity index (χ1v) is 10.3. The second-order valence-corrected chi connectivity index (χ2v) is 7.45. The van der Waals surface area contributed by atoms with Gasteiger partial charge in [-0.3, -0.25) is 4.79 Å². The number of rotatable bonds is 5. The summed E-state index contributed by atoms with van der Waals surface area (Å²) in [6, 6.07) is 16.0. The number of carbonyl (C=O) groups excluding carboxylic acids is 2. The minimum Gasteiger partial charge on any atom is -0.462 e. The SMILES string of the molecule is C#CCn1c(=NC(=O)c2cc(-c3ccccc3)on2)sc2cc(C(=O)OCC)ccc21. The summed E-state index contributed by atoms with van der Waals surface area (Å²) in [6.07, 6.45) is 5.51. The molecule has 0 saturated carbocycles. The minimum absolute atomic E-state index is 0.0933. The van der Waals surface area contributed by atoms with E-state index in [1.54, 1.807) is 35.8 Å². The number of thiazole rings is 1. The normalized spacial score (nSPS) is 11.4. The lowest BCUT2D eigenvalue weighted by atomic mass is 10.1. The van der Waals surface area contributed by atoms with Crippen molar-refractivity contribution in [2.75, 3.05) is 6.61 Å². The van der Waals surface area contributed by atoms with Crippen LogP contribution in [-0.2, 0) is 11.3 Å². The molecule has 0 aliphatic rings. The number of amides is 1. The molecule has 0 N–H and O–H groups in total. The van der Waals surface area contributed by atoms with Crippen molar-refractivity contribution < 1.29 is 18.8 Å². The monoisotopic (exact) mass is 431 g/mol. The van der Waals surface area contributed by atoms with Gasteiger partial charge in [0.1, 0.15) is 0 Å². The molecule has 4 rings (SSSR count). The second-order valence-electron chi connectivity index (χ2n) is 6.44. The van der Waals surface area contributed by atoms with Crippen LogP contribution >= 0.6 is 11.3 Å². The number of hydrogen-bond acceptors (Lipinski definition) is 6. The molecule has 2 aromatic heterocycles. The molecule has 7 nitrogen and oxygen atoms in total. The summed E-state index contributed by atoms with van der Waals surface area (Å²) >= 11 is 1.25. The molecular formula is C23H17N3O4S. The Morgan fingerprint density at radius 2 is 2.03 bits per heavy atom. The molecule has 0 aliphatic heterocycles. The summed E-state index contributed by atoms with van der Waals surface area (Å²) in [7, 11) is 0. The van der Waals surface area contributed by atoms with E-state index in [9.17, 15) is 9.59 Å². The smallest absolute Gasteiger partial charge is 0.338 e. The summed E-state index contributed by atoms with van der Waals surface area (Å²) in [5.74, 6) is 2.09. The van der Waals surface area contributed by atoms with Crippen LogP contribution in [0.2, 0.25) is 0 Å². The Hall–Kier alpha value is -3.96. The number of hydrogen-bond donors (Lipinski definition) is 0. The first-order valence-electron chi connectivity index (χ1n) is 9.46. The average Bonchev–Trinajstić information content (AvgIpc) is 3.40. The fraction of sp³-hybridized carbons (Fsp3) is 0.130. The number of esters is 1. The third-order valence-corrected chi connectivity index (χ3v) is 5.47. The maximum absolute atomic E-state index is 12.7. The largest absolute Gasteiger partial charge is 0.462 e. The van der Waals surface area contributed by atoms with E-state index in [1.165, 1.54) is 11.3 Å². The van der Waals surface area contributed by atoms with Crippen LogP contribution in [0.5, 0.6) is 0 Å². The number of fused-ring (bicyclic) bond motifs is 1. The number of terminal acetylenes is 1. The van der Waals surface area contributed by atoms with Crippen molar-refractivity contribution in [3.05, 3.63) is 70.7 Å². The highest BCUT2D eigenvalue weighted by Gasteiger charge is 2.15. The average molecular weight is 431 g/mol. The van der Waals surface area contributed by atoms with Crippen molar-refractivity contribution in [3.63, 3.8) is 0 Å². The van der Waals surface area contributed by atoms with Crippen LogP contribution in [0.15, 0.2) is 64.1 Å². The molecule has 0 radical (unpaired) electrons. The molecule has 154 valence electrons. The zero-order valence-corrected chi connectivity index (χ0v) is 17.4. The first-order chi connectivity index (χ1) is 15.1. The molecule has 4 aromatic rings. The van der Waals surface area contributed by atoms with Crippen LogP contribution in [0.25, 0.3) is 21.5 Å². The highest BCUT2D eigenvalue weighted by molar-refractivity contribution is 7.16. The summed E-state index contributed by atoms with van der Waals surface area (Å²) in [5.41, 5.74) is 2.10. The topological polar surface area (TPSA) is 86.7 Å². The van der Waals surface area contributed by atoms with Gasteiger partial charge in [-0.15, -0.1) is 6.42 Å². The molecular weight excluding hydrogens is 414 g/mol. The van der Waals surface area contributed by atoms with Crippen LogP contribution in [0.1, 0.15) is 27.8 Å². The Morgan fingerprint density at radius 1 is 1.23 bits per heavy atom. The van der Waals surface area contributed by atoms with Crippen molar-refractivity contribution in [1.29, 1.82) is 0 Å². The number of aromatic nitrogens is 2. The van der Waals surface area contributed by atoms with Crippen molar-refractivity contribution in [3.8, 4) is 23.7 Å². The Labute approximate surface area is 181 Å². The highest BCUT2D eigenvalue weighted by Crippen LogP contribution is 2.22. The lowest BCUT2D eigenvalue weighted by Gasteiger charge is -2.03. The van der Waals surface area contributed by atoms with Gasteiger partial charge in [0, 0.05) is 11.6 Å². The van der Waals surface area contributed by atoms with E-state index in [4.69, 9.17) is 15.7 Å². The predicted molar refractivity (Wildman–Crippen MR) is 116 cm³/mol. The van der Waals surface area contributed by atoms with Crippen molar-refractivity contribution in [2.24, 2.45) is 4.99 Å². The third kappa shape index (κ3) is 4.17. The molecule has 1 amide bonds. The molecule has 0 bridgehead atoms. The molecule has 2 heterocycles. The maximum atomic E-state index is 12.7. The van der Waals surface area contributed by atoms with E-state index < -0.39 is 11.9 Å². The van der Waals surface area contributed by atoms with Gasteiger partial charge in [0.15, 0.2) is 16.3 Å². The molecule has 0 atom stereocenters. The summed E-state index contributed by atoms with van der Waals surface area (Å²) in [5, 5.41) is 3.85. The van der Waals surface area contributed by atoms with Crippen molar-refractivity contribution in [1.82, 2.24) is 9.72 Å². The predicted octanol–water partition coefficient (Wildman–Crippen LogP) is 3.91. The van der Waals surface area contributed by atoms with E-state index in [0.717, 1.165) is 15.8 Å². The second kappa shape index (κ2) is 8.81. The zero-order valence-electron chi connectivity index (χ0n) is 16.6. The molecule has 31 heavy (non-hydrogen) atoms. The van der Waals surface area contributed by atoms with E-state index >= 15 is 0 Å². The lowest BCUT2D eigenvalue weighted by molar-refractivity contribution is 0.0526. The van der Waals surface area contributed by atoms with E-state index in [-0.39, 0.29) is 18.8 Å². The van der Waals surface area contributed by atoms with E-state index in [1.807, 2.05) is 30.3 Å². The number of nitrogens with zero attached hydrogens (tertiary/aromatic N) is 3. The first kappa shape index (κ1) is 20.3. The van der Waals surface area contributed by atoms with E-state index in [2.05, 4.69) is 16.1 Å². The van der Waals surface area contributed by atoms with Gasteiger partial charge in [0.2, 0.25) is 0 Å². The van der Waals surface area contributed by atoms with Gasteiger partial charge in [0.25, 0.3) is 0 Å². The molecule has 0 spiro atoms. The molecule has 0 fully saturated rings. The van der Waals surface area contributed by atoms with Gasteiger partial charge < -0.3 is 13.8 Å². The van der Waals surface area contributed by atoms with Gasteiger partial charge >= 0.3 is 11.9 Å². The van der Waals surface area contributed by atoms with Gasteiger partial charge in [-0.1, -0.05) is 52.7 Å². The van der Waals surface area contributed by atoms with Crippen LogP contribution in [0.4, 0.5) is 0 Å². The van der Waals surface area contributed by atoms with Crippen molar-refractivity contribution in [2.45, 2.75) is 13.5 Å². The number of ether oxygens (including phenoxy) is 1. The summed E-state index contributed by atoms with van der Waals surface area (Å²) < 4.78 is 12.8. The highest BCUT2D eigenvalue weighted by atomic mass is 32.1. The van der Waals surface area contributed by atoms with Gasteiger partial charge in [0.05, 0.1) is 28.9 Å². The Balaban J connectivity index is 1.73. The minimum atomic E-state index is -0.547. The summed E-state index contributed by atoms with van der Waals surface area (Å²) in [4.78, 5) is 29.4. The van der Waals surface area contributed by atoms with E-state index in [0.29, 0.717) is 16.1 Å². The fourth-order valence-electron chi connectivity index (χ4n) is 3.00. The third-order valence-electron chi connectivity index (χ3n) is 4.43. The molecule has 0 aliphatic carbocycles. The van der Waals surface area contributed by atoms with Crippen LogP contribution in [-0.4, -0.2) is 28.2 Å². The number of benzene rings is 2. The maximum Gasteiger partial charge on any atom is 0.338 e. The Kier molecular flexibility index (Phi) is 5.78. The van der Waals surface area contributed by atoms with Crippen molar-refractivity contribution >= 4 is 33.4 Å². The molecule has 2 aromatic carbocycles. The number of carbonyl (C=O) groups is 2. The lowest BCUT2D eigenvalue weighted by Crippen LogP contribution is -2.16. The Bertz CT molecular complexity index is 1370. The standard InChI is InChI=1S/C23H17N3O4S/c1-3-12-26-18-11-10-16(22(28)29-4-2)13-20(18)31-23(26)24-21(27)17-14-19(30-25-17)15-8-6-5-7-9-15/h1,5-11,13-14H,4,12H2,2H3. The summed E-state index contributed by atoms with van der Waals surface area (Å²) in [6.45, 7) is 2.26. The molecule has 0 unspecified atom stereocenters. The quantitative estimate of drug-likeness (QED) is 0.353. The zero-order chi connectivity index (χ0) is 21.8. The Morgan fingerprint density at radius 3 is 2.77 bits per heavy atom. The van der Waals surface area contributed by atoms with Crippen LogP contribution in [0.3, 0.4) is 0 Å². The van der Waals surface area contributed by atoms with Gasteiger partial charge in [-0.05, 0) is 25.1 Å².